The number of fused-ring (bicyclic) bond motifs is 1. The fraction of sp³-hybridized carbons (Fsp3) is 0.455. The number of nitrogens with zero attached hydrogens (tertiary/aromatic N) is 4. The van der Waals surface area contributed by atoms with Gasteiger partial charge in [-0.05, 0) is 26.8 Å². The minimum absolute atomic E-state index is 0.0513. The van der Waals surface area contributed by atoms with Crippen LogP contribution in [-0.2, 0) is 4.79 Å². The van der Waals surface area contributed by atoms with Gasteiger partial charge in [0.25, 0.3) is 5.97 Å². The van der Waals surface area contributed by atoms with Gasteiger partial charge in [0, 0.05) is 43.1 Å². The molecule has 0 aliphatic carbocycles. The Morgan fingerprint density at radius 1 is 1.33 bits per heavy atom. The zero-order valence-electron chi connectivity index (χ0n) is 19.2. The van der Waals surface area contributed by atoms with E-state index in [9.17, 15) is 0 Å². The van der Waals surface area contributed by atoms with E-state index in [4.69, 9.17) is 26.2 Å². The maximum absolute atomic E-state index is 15.0. The van der Waals surface area contributed by atoms with Crippen molar-refractivity contribution in [2.24, 2.45) is 0 Å². The molecular weight excluding hydrogens is 451 g/mol. The number of nitrogens with one attached hydrogen (secondary N) is 2. The summed E-state index contributed by atoms with van der Waals surface area (Å²) in [4.78, 5) is 26.9. The van der Waals surface area contributed by atoms with Crippen LogP contribution in [0.3, 0.4) is 0 Å². The van der Waals surface area contributed by atoms with Gasteiger partial charge in [0.05, 0.1) is 24.5 Å². The molecule has 0 spiro atoms. The van der Waals surface area contributed by atoms with E-state index >= 15 is 4.39 Å². The Kier molecular flexibility index (Phi) is 7.70. The van der Waals surface area contributed by atoms with Crippen molar-refractivity contribution in [2.75, 3.05) is 25.5 Å². The summed E-state index contributed by atoms with van der Waals surface area (Å²) in [5.74, 6) is -0.0323. The Balaban J connectivity index is 0.000000709. The Bertz CT molecular complexity index is 1130. The number of halogens is 2. The minimum atomic E-state index is -0.833. The zero-order chi connectivity index (χ0) is 24.3. The highest BCUT2D eigenvalue weighted by molar-refractivity contribution is 6.31. The van der Waals surface area contributed by atoms with Crippen molar-refractivity contribution in [1.82, 2.24) is 24.8 Å². The number of carbonyl (C=O) groups is 1. The van der Waals surface area contributed by atoms with Gasteiger partial charge in [-0.15, -0.1) is 0 Å². The molecule has 1 saturated heterocycles. The van der Waals surface area contributed by atoms with Crippen molar-refractivity contribution in [3.8, 4) is 5.75 Å². The second kappa shape index (κ2) is 10.3. The summed E-state index contributed by atoms with van der Waals surface area (Å²) in [6.45, 7) is 8.88. The lowest BCUT2D eigenvalue weighted by Crippen LogP contribution is -2.49. The number of ether oxygens (including phenoxy) is 1. The van der Waals surface area contributed by atoms with E-state index in [1.807, 2.05) is 6.92 Å². The number of anilines is 1. The smallest absolute Gasteiger partial charge is 0.300 e. The molecule has 1 aromatic carbocycles. The molecule has 3 aromatic rings. The Hall–Kier alpha value is -2.98. The first-order valence-corrected chi connectivity index (χ1v) is 10.9. The van der Waals surface area contributed by atoms with Gasteiger partial charge < -0.3 is 20.1 Å². The maximum atomic E-state index is 15.0. The molecule has 1 atom stereocenters. The topological polar surface area (TPSA) is 116 Å². The SMILES string of the molecule is CC(=O)O.COc1c(C(C)Nc2ncnc3nc[nH]c23)cc(Cl)c(F)c1C1CN(C(C)C)C1. The summed E-state index contributed by atoms with van der Waals surface area (Å²) in [5.41, 5.74) is 2.61. The molecular formula is C22H28ClFN6O3. The predicted octanol–water partition coefficient (Wildman–Crippen LogP) is 4.23. The normalized spacial score (nSPS) is 15.0. The maximum Gasteiger partial charge on any atom is 0.300 e. The highest BCUT2D eigenvalue weighted by atomic mass is 35.5. The third-order valence-electron chi connectivity index (χ3n) is 5.53. The van der Waals surface area contributed by atoms with Crippen LogP contribution in [0.15, 0.2) is 18.7 Å². The molecule has 1 aliphatic rings. The lowest BCUT2D eigenvalue weighted by atomic mass is 9.87. The quantitative estimate of drug-likeness (QED) is 0.482. The summed E-state index contributed by atoms with van der Waals surface area (Å²) in [5, 5.41) is 10.9. The molecule has 2 aromatic heterocycles. The molecule has 33 heavy (non-hydrogen) atoms. The third kappa shape index (κ3) is 5.33. The Morgan fingerprint density at radius 3 is 2.61 bits per heavy atom. The molecule has 3 heterocycles. The molecule has 0 amide bonds. The standard InChI is InChI=1S/C20H24ClFN6O.C2H4O2/c1-10(2)28-6-12(7-28)15-16(22)14(21)5-13(18(15)29-4)11(3)27-20-17-19(24-8-23-17)25-9-26-20;1-2(3)4/h5,8-12H,6-7H2,1-4H3,(H2,23,24,25,26,27);1H3,(H,3,4). The number of hydrogen-bond acceptors (Lipinski definition) is 7. The second-order valence-electron chi connectivity index (χ2n) is 8.16. The van der Waals surface area contributed by atoms with E-state index in [1.54, 1.807) is 19.5 Å². The molecule has 0 saturated carbocycles. The lowest BCUT2D eigenvalue weighted by Gasteiger charge is -2.43. The number of likely N-dealkylation sites (tertiary alicyclic amines) is 1. The second-order valence-corrected chi connectivity index (χ2v) is 8.57. The number of rotatable bonds is 6. The molecule has 0 bridgehead atoms. The van der Waals surface area contributed by atoms with E-state index in [2.05, 4.69) is 44.0 Å². The first-order valence-electron chi connectivity index (χ1n) is 10.5. The first kappa shape index (κ1) is 24.7. The van der Waals surface area contributed by atoms with Gasteiger partial charge in [0.15, 0.2) is 11.5 Å². The number of carboxylic acids is 1. The molecule has 0 radical (unpaired) electrons. The van der Waals surface area contributed by atoms with E-state index in [0.29, 0.717) is 34.3 Å². The van der Waals surface area contributed by atoms with E-state index in [-0.39, 0.29) is 17.0 Å². The van der Waals surface area contributed by atoms with Gasteiger partial charge in [-0.3, -0.25) is 9.69 Å². The van der Waals surface area contributed by atoms with E-state index in [0.717, 1.165) is 25.6 Å². The van der Waals surface area contributed by atoms with Crippen LogP contribution in [0.25, 0.3) is 11.2 Å². The summed E-state index contributed by atoms with van der Waals surface area (Å²) in [6.07, 6.45) is 3.02. The van der Waals surface area contributed by atoms with Crippen LogP contribution in [0.5, 0.6) is 5.75 Å². The number of hydrogen-bond donors (Lipinski definition) is 3. The number of H-pyrrole nitrogens is 1. The van der Waals surface area contributed by atoms with Gasteiger partial charge in [0.2, 0.25) is 0 Å². The molecule has 9 nitrogen and oxygen atoms in total. The van der Waals surface area contributed by atoms with Gasteiger partial charge in [-0.2, -0.15) is 0 Å². The van der Waals surface area contributed by atoms with Crippen molar-refractivity contribution >= 4 is 34.6 Å². The molecule has 11 heteroatoms. The number of aliphatic carboxylic acids is 1. The van der Waals surface area contributed by atoms with Crippen LogP contribution in [0.1, 0.15) is 50.8 Å². The fourth-order valence-corrected chi connectivity index (χ4v) is 4.06. The van der Waals surface area contributed by atoms with Crippen LogP contribution in [0, 0.1) is 5.82 Å². The minimum Gasteiger partial charge on any atom is -0.496 e. The predicted molar refractivity (Wildman–Crippen MR) is 124 cm³/mol. The Labute approximate surface area is 196 Å². The van der Waals surface area contributed by atoms with Crippen LogP contribution in [0.2, 0.25) is 5.02 Å². The number of aromatic nitrogens is 4. The van der Waals surface area contributed by atoms with E-state index in [1.165, 1.54) is 6.33 Å². The first-order chi connectivity index (χ1) is 15.6. The van der Waals surface area contributed by atoms with Crippen LogP contribution >= 0.6 is 11.6 Å². The van der Waals surface area contributed by atoms with Crippen LogP contribution < -0.4 is 10.1 Å². The van der Waals surface area contributed by atoms with Crippen molar-refractivity contribution in [2.45, 2.75) is 45.7 Å². The van der Waals surface area contributed by atoms with Crippen LogP contribution in [0.4, 0.5) is 10.2 Å². The largest absolute Gasteiger partial charge is 0.496 e. The van der Waals surface area contributed by atoms with Gasteiger partial charge in [0.1, 0.15) is 23.4 Å². The molecule has 1 unspecified atom stereocenters. The summed E-state index contributed by atoms with van der Waals surface area (Å²) in [7, 11) is 1.57. The highest BCUT2D eigenvalue weighted by Crippen LogP contribution is 2.43. The van der Waals surface area contributed by atoms with Gasteiger partial charge >= 0.3 is 0 Å². The Morgan fingerprint density at radius 2 is 2.00 bits per heavy atom. The number of carboxylic acid groups (broad SMARTS) is 1. The van der Waals surface area contributed by atoms with Crippen molar-refractivity contribution in [3.63, 3.8) is 0 Å². The monoisotopic (exact) mass is 478 g/mol. The number of aromatic amines is 1. The fourth-order valence-electron chi connectivity index (χ4n) is 3.84. The molecule has 4 rings (SSSR count). The summed E-state index contributed by atoms with van der Waals surface area (Å²) in [6, 6.07) is 1.82. The zero-order valence-corrected chi connectivity index (χ0v) is 19.9. The van der Waals surface area contributed by atoms with Gasteiger partial charge in [-0.1, -0.05) is 11.6 Å². The highest BCUT2D eigenvalue weighted by Gasteiger charge is 2.36. The number of benzene rings is 1. The number of imidazole rings is 1. The van der Waals surface area contributed by atoms with E-state index < -0.39 is 11.8 Å². The van der Waals surface area contributed by atoms with Crippen LogP contribution in [-0.4, -0.2) is 62.2 Å². The summed E-state index contributed by atoms with van der Waals surface area (Å²) >= 11 is 6.28. The van der Waals surface area contributed by atoms with Gasteiger partial charge in [-0.25, -0.2) is 19.3 Å². The molecule has 178 valence electrons. The van der Waals surface area contributed by atoms with Crippen molar-refractivity contribution in [3.05, 3.63) is 40.7 Å². The molecule has 3 N–H and O–H groups in total. The lowest BCUT2D eigenvalue weighted by molar-refractivity contribution is -0.134. The summed E-state index contributed by atoms with van der Waals surface area (Å²) < 4.78 is 20.7. The van der Waals surface area contributed by atoms with Crippen molar-refractivity contribution in [1.29, 1.82) is 0 Å². The average Bonchev–Trinajstić information content (AvgIpc) is 3.19. The average molecular weight is 479 g/mol. The van der Waals surface area contributed by atoms with Crippen molar-refractivity contribution < 1.29 is 19.0 Å². The number of methoxy groups -OCH3 is 1. The molecule has 1 aliphatic heterocycles. The molecule has 1 fully saturated rings. The third-order valence-corrected chi connectivity index (χ3v) is 5.81.